The van der Waals surface area contributed by atoms with Crippen LogP contribution in [0.4, 0.5) is 8.78 Å². The molecular weight excluding hydrogens is 388 g/mol. The topological polar surface area (TPSA) is 71.9 Å². The van der Waals surface area contributed by atoms with Crippen LogP contribution in [0.2, 0.25) is 0 Å². The summed E-state index contributed by atoms with van der Waals surface area (Å²) in [6.07, 6.45) is 6.80. The van der Waals surface area contributed by atoms with Gasteiger partial charge in [0, 0.05) is 38.1 Å². The summed E-state index contributed by atoms with van der Waals surface area (Å²) < 4.78 is 28.0. The predicted molar refractivity (Wildman–Crippen MR) is 107 cm³/mol. The maximum Gasteiger partial charge on any atom is 0.256 e. The van der Waals surface area contributed by atoms with E-state index in [9.17, 15) is 9.18 Å². The first kappa shape index (κ1) is 20.0. The molecule has 1 saturated heterocycles. The Morgan fingerprint density at radius 2 is 1.90 bits per heavy atom. The minimum Gasteiger partial charge on any atom is -0.338 e. The molecule has 0 saturated carbocycles. The first-order valence-corrected chi connectivity index (χ1v) is 9.77. The molecule has 1 fully saturated rings. The molecule has 1 aliphatic heterocycles. The molecule has 0 radical (unpaired) electrons. The molecule has 0 unspecified atom stereocenters. The van der Waals surface area contributed by atoms with Crippen molar-refractivity contribution in [3.8, 4) is 11.4 Å². The van der Waals surface area contributed by atoms with Gasteiger partial charge in [0.2, 0.25) is 0 Å². The third-order valence-electron chi connectivity index (χ3n) is 5.35. The lowest BCUT2D eigenvalue weighted by atomic mass is 9.87. The minimum absolute atomic E-state index is 0.187. The highest BCUT2D eigenvalue weighted by Crippen LogP contribution is 2.31. The van der Waals surface area contributed by atoms with Crippen LogP contribution in [-0.2, 0) is 13.1 Å². The van der Waals surface area contributed by atoms with E-state index in [1.165, 1.54) is 12.5 Å². The molecule has 4 heterocycles. The van der Waals surface area contributed by atoms with Crippen LogP contribution in [0.15, 0.2) is 55.2 Å². The van der Waals surface area contributed by atoms with E-state index in [2.05, 4.69) is 19.9 Å². The maximum atomic E-state index is 15.4. The van der Waals surface area contributed by atoms with E-state index in [0.29, 0.717) is 35.7 Å². The maximum absolute atomic E-state index is 15.4. The summed E-state index contributed by atoms with van der Waals surface area (Å²) in [7, 11) is 0. The molecular formula is C22H21F2N5O. The van der Waals surface area contributed by atoms with Crippen LogP contribution in [0, 0.1) is 0 Å². The van der Waals surface area contributed by atoms with Gasteiger partial charge in [0.1, 0.15) is 24.4 Å². The zero-order chi connectivity index (χ0) is 21.0. The molecule has 1 amide bonds. The van der Waals surface area contributed by atoms with Crippen molar-refractivity contribution in [1.82, 2.24) is 24.8 Å². The molecule has 0 N–H and O–H groups in total. The molecule has 4 rings (SSSR count). The average molecular weight is 409 g/mol. The van der Waals surface area contributed by atoms with Crippen LogP contribution in [0.1, 0.15) is 34.5 Å². The highest BCUT2D eigenvalue weighted by atomic mass is 19.1. The SMILES string of the molecule is O=C(c1cccnc1-c1ccncn1)N1CCC(F)(Cc2ccc(CF)nc2)CC1. The fraction of sp³-hybridized carbons (Fsp3) is 0.318. The zero-order valence-electron chi connectivity index (χ0n) is 16.3. The molecule has 30 heavy (non-hydrogen) atoms. The summed E-state index contributed by atoms with van der Waals surface area (Å²) in [4.78, 5) is 31.2. The third kappa shape index (κ3) is 4.32. The Balaban J connectivity index is 1.45. The van der Waals surface area contributed by atoms with Gasteiger partial charge in [-0.15, -0.1) is 0 Å². The Morgan fingerprint density at radius 1 is 1.07 bits per heavy atom. The Morgan fingerprint density at radius 3 is 2.57 bits per heavy atom. The average Bonchev–Trinajstić information content (AvgIpc) is 2.80. The van der Waals surface area contributed by atoms with Crippen LogP contribution in [0.3, 0.4) is 0 Å². The number of pyridine rings is 2. The number of aromatic nitrogens is 4. The standard InChI is InChI=1S/C22H21F2N5O/c23-13-17-4-3-16(14-27-17)12-22(24)6-10-29(11-7-22)21(30)18-2-1-8-26-20(18)19-5-9-25-15-28-19/h1-5,8-9,14-15H,6-7,10-13H2. The summed E-state index contributed by atoms with van der Waals surface area (Å²) in [5.41, 5.74) is 1.14. The van der Waals surface area contributed by atoms with Crippen molar-refractivity contribution in [3.05, 3.63) is 72.1 Å². The van der Waals surface area contributed by atoms with E-state index in [1.54, 1.807) is 47.6 Å². The largest absolute Gasteiger partial charge is 0.338 e. The van der Waals surface area contributed by atoms with Gasteiger partial charge in [-0.3, -0.25) is 14.8 Å². The second kappa shape index (κ2) is 8.61. The number of amides is 1. The van der Waals surface area contributed by atoms with Crippen molar-refractivity contribution in [3.63, 3.8) is 0 Å². The Kier molecular flexibility index (Phi) is 5.74. The lowest BCUT2D eigenvalue weighted by molar-refractivity contribution is 0.0437. The van der Waals surface area contributed by atoms with Gasteiger partial charge >= 0.3 is 0 Å². The van der Waals surface area contributed by atoms with Crippen LogP contribution in [0.5, 0.6) is 0 Å². The summed E-state index contributed by atoms with van der Waals surface area (Å²) >= 11 is 0. The summed E-state index contributed by atoms with van der Waals surface area (Å²) in [6.45, 7) is -0.0175. The fourth-order valence-corrected chi connectivity index (χ4v) is 3.67. The number of piperidine rings is 1. The fourth-order valence-electron chi connectivity index (χ4n) is 3.67. The van der Waals surface area contributed by atoms with E-state index < -0.39 is 12.3 Å². The van der Waals surface area contributed by atoms with Crippen molar-refractivity contribution in [1.29, 1.82) is 0 Å². The highest BCUT2D eigenvalue weighted by Gasteiger charge is 2.36. The van der Waals surface area contributed by atoms with Gasteiger partial charge in [-0.1, -0.05) is 6.07 Å². The van der Waals surface area contributed by atoms with Crippen LogP contribution >= 0.6 is 0 Å². The Bertz CT molecular complexity index is 1010. The number of hydrogen-bond donors (Lipinski definition) is 0. The van der Waals surface area contributed by atoms with Crippen molar-refractivity contribution in [2.24, 2.45) is 0 Å². The van der Waals surface area contributed by atoms with Gasteiger partial charge in [-0.05, 0) is 42.7 Å². The Labute approximate surface area is 173 Å². The summed E-state index contributed by atoms with van der Waals surface area (Å²) in [5, 5.41) is 0. The number of likely N-dealkylation sites (tertiary alicyclic amines) is 1. The van der Waals surface area contributed by atoms with Crippen molar-refractivity contribution >= 4 is 5.91 Å². The van der Waals surface area contributed by atoms with Crippen molar-refractivity contribution < 1.29 is 13.6 Å². The van der Waals surface area contributed by atoms with E-state index in [4.69, 9.17) is 0 Å². The second-order valence-corrected chi connectivity index (χ2v) is 7.41. The van der Waals surface area contributed by atoms with Crippen LogP contribution < -0.4 is 0 Å². The zero-order valence-corrected chi connectivity index (χ0v) is 16.3. The number of hydrogen-bond acceptors (Lipinski definition) is 5. The molecule has 0 aliphatic carbocycles. The number of halogens is 2. The number of alkyl halides is 2. The van der Waals surface area contributed by atoms with E-state index in [1.807, 2.05) is 0 Å². The summed E-state index contributed by atoms with van der Waals surface area (Å²) in [5.74, 6) is -0.187. The predicted octanol–water partition coefficient (Wildman–Crippen LogP) is 3.59. The first-order chi connectivity index (χ1) is 14.6. The second-order valence-electron chi connectivity index (χ2n) is 7.41. The lowest BCUT2D eigenvalue weighted by Crippen LogP contribution is -2.45. The van der Waals surface area contributed by atoms with Gasteiger partial charge in [0.05, 0.1) is 17.0 Å². The lowest BCUT2D eigenvalue weighted by Gasteiger charge is -2.36. The van der Waals surface area contributed by atoms with E-state index in [-0.39, 0.29) is 25.2 Å². The quantitative estimate of drug-likeness (QED) is 0.644. The highest BCUT2D eigenvalue weighted by molar-refractivity contribution is 5.99. The monoisotopic (exact) mass is 409 g/mol. The molecule has 0 atom stereocenters. The third-order valence-corrected chi connectivity index (χ3v) is 5.35. The van der Waals surface area contributed by atoms with Gasteiger partial charge in [0.15, 0.2) is 0 Å². The molecule has 8 heteroatoms. The van der Waals surface area contributed by atoms with Gasteiger partial charge in [-0.2, -0.15) is 0 Å². The van der Waals surface area contributed by atoms with Gasteiger partial charge in [-0.25, -0.2) is 18.7 Å². The molecule has 0 aromatic carbocycles. The number of carbonyl (C=O) groups is 1. The van der Waals surface area contributed by atoms with E-state index >= 15 is 4.39 Å². The van der Waals surface area contributed by atoms with Gasteiger partial charge in [0.25, 0.3) is 5.91 Å². The molecule has 154 valence electrons. The smallest absolute Gasteiger partial charge is 0.256 e. The molecule has 6 nitrogen and oxygen atoms in total. The number of rotatable bonds is 5. The molecule has 0 bridgehead atoms. The molecule has 3 aromatic rings. The van der Waals surface area contributed by atoms with Crippen molar-refractivity contribution in [2.45, 2.75) is 31.6 Å². The van der Waals surface area contributed by atoms with Crippen LogP contribution in [-0.4, -0.2) is 49.5 Å². The number of nitrogens with zero attached hydrogens (tertiary/aromatic N) is 5. The van der Waals surface area contributed by atoms with Gasteiger partial charge < -0.3 is 4.90 Å². The molecule has 3 aromatic heterocycles. The summed E-state index contributed by atoms with van der Waals surface area (Å²) in [6, 6.07) is 8.40. The molecule has 1 aliphatic rings. The van der Waals surface area contributed by atoms with Crippen LogP contribution in [0.25, 0.3) is 11.4 Å². The first-order valence-electron chi connectivity index (χ1n) is 9.77. The molecule has 0 spiro atoms. The van der Waals surface area contributed by atoms with Crippen molar-refractivity contribution in [2.75, 3.05) is 13.1 Å². The Hall–Kier alpha value is -3.29. The minimum atomic E-state index is -1.42. The number of carbonyl (C=O) groups excluding carboxylic acids is 1. The normalized spacial score (nSPS) is 15.7. The van der Waals surface area contributed by atoms with E-state index in [0.717, 1.165) is 5.56 Å².